The van der Waals surface area contributed by atoms with Crippen molar-refractivity contribution >= 4 is 39.4 Å². The van der Waals surface area contributed by atoms with Crippen LogP contribution in [0.15, 0.2) is 29.8 Å². The molecule has 0 spiro atoms. The van der Waals surface area contributed by atoms with Crippen LogP contribution in [0.4, 0.5) is 4.39 Å². The summed E-state index contributed by atoms with van der Waals surface area (Å²) in [4.78, 5) is 20.3. The highest BCUT2D eigenvalue weighted by Crippen LogP contribution is 2.30. The molecule has 8 heteroatoms. The summed E-state index contributed by atoms with van der Waals surface area (Å²) < 4.78 is 27.3. The summed E-state index contributed by atoms with van der Waals surface area (Å²) in [6, 6.07) is 4.09. The molecule has 144 valence electrons. The number of H-pyrrole nitrogens is 1. The van der Waals surface area contributed by atoms with Gasteiger partial charge in [-0.25, -0.2) is 9.37 Å². The molecule has 2 aromatic heterocycles. The Hall–Kier alpha value is -1.74. The monoisotopic (exact) mass is 407 g/mol. The van der Waals surface area contributed by atoms with E-state index in [2.05, 4.69) is 9.97 Å². The Kier molecular flexibility index (Phi) is 5.45. The molecule has 0 aliphatic carbocycles. The van der Waals surface area contributed by atoms with Crippen LogP contribution in [0.5, 0.6) is 0 Å². The Balaban J connectivity index is 1.85. The maximum absolute atomic E-state index is 13.3. The summed E-state index contributed by atoms with van der Waals surface area (Å²) in [5.41, 5.74) is 1.74. The number of ketones is 1. The van der Waals surface area contributed by atoms with Gasteiger partial charge in [-0.2, -0.15) is 0 Å². The molecule has 0 aliphatic rings. The number of nitrogens with one attached hydrogen (secondary N) is 1. The van der Waals surface area contributed by atoms with Crippen LogP contribution in [0.1, 0.15) is 54.8 Å². The first-order chi connectivity index (χ1) is 12.6. The Morgan fingerprint density at radius 1 is 1.41 bits per heavy atom. The third-order valence-electron chi connectivity index (χ3n) is 4.36. The molecule has 3 rings (SSSR count). The standard InChI is InChI=1S/C19H22FN3O2S2/c1-11(23(5)27(25)19(2,3)4)16-10-26-18(22-16)17(24)14-9-21-15-8-12(20)6-7-13(14)15/h6-11,21H,1-5H3/t11-,27?/m0/s1. The van der Waals surface area contributed by atoms with Gasteiger partial charge < -0.3 is 9.54 Å². The zero-order chi connectivity index (χ0) is 19.9. The van der Waals surface area contributed by atoms with Crippen molar-refractivity contribution in [3.8, 4) is 0 Å². The molecule has 0 aliphatic heterocycles. The lowest BCUT2D eigenvalue weighted by molar-refractivity contribution is 0.103. The van der Waals surface area contributed by atoms with Crippen LogP contribution in [0, 0.1) is 5.82 Å². The van der Waals surface area contributed by atoms with E-state index < -0.39 is 11.4 Å². The van der Waals surface area contributed by atoms with E-state index >= 15 is 0 Å². The quantitative estimate of drug-likeness (QED) is 0.501. The van der Waals surface area contributed by atoms with Crippen LogP contribution in [0.3, 0.4) is 0 Å². The van der Waals surface area contributed by atoms with Gasteiger partial charge in [-0.1, -0.05) is 0 Å². The minimum Gasteiger partial charge on any atom is -0.597 e. The molecule has 1 unspecified atom stereocenters. The predicted molar refractivity (Wildman–Crippen MR) is 108 cm³/mol. The van der Waals surface area contributed by atoms with Crippen molar-refractivity contribution in [2.75, 3.05) is 7.05 Å². The highest BCUT2D eigenvalue weighted by molar-refractivity contribution is 7.90. The second-order valence-electron chi connectivity index (χ2n) is 7.38. The maximum atomic E-state index is 13.3. The summed E-state index contributed by atoms with van der Waals surface area (Å²) in [7, 11) is 1.79. The van der Waals surface area contributed by atoms with Gasteiger partial charge in [0.05, 0.1) is 17.3 Å². The minimum absolute atomic E-state index is 0.195. The molecule has 3 aromatic rings. The highest BCUT2D eigenvalue weighted by atomic mass is 32.2. The van der Waals surface area contributed by atoms with Crippen molar-refractivity contribution in [1.29, 1.82) is 0 Å². The lowest BCUT2D eigenvalue weighted by Crippen LogP contribution is -2.42. The first-order valence-electron chi connectivity index (χ1n) is 8.51. The smallest absolute Gasteiger partial charge is 0.223 e. The van der Waals surface area contributed by atoms with Crippen LogP contribution >= 0.6 is 11.3 Å². The molecule has 0 bridgehead atoms. The van der Waals surface area contributed by atoms with Crippen LogP contribution in [0.2, 0.25) is 0 Å². The molecule has 0 amide bonds. The van der Waals surface area contributed by atoms with Crippen LogP contribution in [-0.4, -0.2) is 36.4 Å². The van der Waals surface area contributed by atoms with E-state index in [1.165, 1.54) is 23.5 Å². The van der Waals surface area contributed by atoms with Crippen molar-refractivity contribution < 1.29 is 13.7 Å². The number of carbonyl (C=O) groups is 1. The molecule has 0 saturated heterocycles. The van der Waals surface area contributed by atoms with Gasteiger partial charge in [-0.15, -0.1) is 15.6 Å². The van der Waals surface area contributed by atoms with Gasteiger partial charge in [0.15, 0.2) is 5.01 Å². The number of carbonyl (C=O) groups excluding carboxylic acids is 1. The fraction of sp³-hybridized carbons (Fsp3) is 0.368. The van der Waals surface area contributed by atoms with E-state index in [9.17, 15) is 13.7 Å². The number of thiazole rings is 1. The average molecular weight is 408 g/mol. The third kappa shape index (κ3) is 3.94. The third-order valence-corrected chi connectivity index (χ3v) is 7.11. The number of benzene rings is 1. The first-order valence-corrected chi connectivity index (χ1v) is 10.5. The summed E-state index contributed by atoms with van der Waals surface area (Å²) in [5.74, 6) is -0.570. The summed E-state index contributed by atoms with van der Waals surface area (Å²) in [6.07, 6.45) is 1.58. The van der Waals surface area contributed by atoms with Gasteiger partial charge in [0.25, 0.3) is 0 Å². The van der Waals surface area contributed by atoms with Crippen LogP contribution in [-0.2, 0) is 11.4 Å². The molecule has 2 atom stereocenters. The summed E-state index contributed by atoms with van der Waals surface area (Å²) in [6.45, 7) is 7.67. The van der Waals surface area contributed by atoms with E-state index in [1.807, 2.05) is 33.1 Å². The van der Waals surface area contributed by atoms with Crippen molar-refractivity contribution in [2.45, 2.75) is 38.5 Å². The number of nitrogens with zero attached hydrogens (tertiary/aromatic N) is 2. The molecule has 0 fully saturated rings. The van der Waals surface area contributed by atoms with Crippen molar-refractivity contribution in [3.05, 3.63) is 51.9 Å². The number of rotatable bonds is 5. The Labute approximate surface area is 164 Å². The Bertz CT molecular complexity index is 977. The lowest BCUT2D eigenvalue weighted by atomic mass is 10.1. The largest absolute Gasteiger partial charge is 0.597 e. The predicted octanol–water partition coefficient (Wildman–Crippen LogP) is 4.45. The SMILES string of the molecule is C[C@@H](c1csc(C(=O)c2c[nH]c3cc(F)ccc23)n1)N(C)[S+]([O-])C(C)(C)C. The van der Waals surface area contributed by atoms with E-state index in [0.717, 1.165) is 0 Å². The normalized spacial score (nSPS) is 14.7. The van der Waals surface area contributed by atoms with Crippen LogP contribution < -0.4 is 0 Å². The second-order valence-corrected chi connectivity index (χ2v) is 10.5. The molecule has 0 radical (unpaired) electrons. The van der Waals surface area contributed by atoms with Gasteiger partial charge in [-0.05, 0) is 45.9 Å². The molecule has 5 nitrogen and oxygen atoms in total. The number of fused-ring (bicyclic) bond motifs is 1. The number of aromatic nitrogens is 2. The van der Waals surface area contributed by atoms with Gasteiger partial charge in [0.1, 0.15) is 10.6 Å². The Morgan fingerprint density at radius 3 is 2.78 bits per heavy atom. The Morgan fingerprint density at radius 2 is 2.11 bits per heavy atom. The molecule has 2 heterocycles. The fourth-order valence-corrected chi connectivity index (χ4v) is 4.86. The van der Waals surface area contributed by atoms with Crippen LogP contribution in [0.25, 0.3) is 10.9 Å². The zero-order valence-electron chi connectivity index (χ0n) is 15.9. The second kappa shape index (κ2) is 7.35. The van der Waals surface area contributed by atoms with E-state index in [4.69, 9.17) is 0 Å². The topological polar surface area (TPSA) is 72.0 Å². The number of hydrogen-bond acceptors (Lipinski definition) is 5. The van der Waals surface area contributed by atoms with Gasteiger partial charge in [0, 0.05) is 40.9 Å². The molecule has 0 saturated carbocycles. The van der Waals surface area contributed by atoms with Crippen molar-refractivity contribution in [2.24, 2.45) is 0 Å². The van der Waals surface area contributed by atoms with Gasteiger partial charge >= 0.3 is 0 Å². The minimum atomic E-state index is -1.19. The first kappa shape index (κ1) is 20.0. The molecule has 1 N–H and O–H groups in total. The van der Waals surface area contributed by atoms with Gasteiger partial charge in [0.2, 0.25) is 5.78 Å². The molecular weight excluding hydrogens is 385 g/mol. The zero-order valence-corrected chi connectivity index (χ0v) is 17.5. The van der Waals surface area contributed by atoms with E-state index in [0.29, 0.717) is 27.2 Å². The van der Waals surface area contributed by atoms with Gasteiger partial charge in [-0.3, -0.25) is 4.79 Å². The summed E-state index contributed by atoms with van der Waals surface area (Å²) in [5, 5.41) is 2.84. The highest BCUT2D eigenvalue weighted by Gasteiger charge is 2.35. The molecule has 1 aromatic carbocycles. The summed E-state index contributed by atoms with van der Waals surface area (Å²) >= 11 is 0.0663. The maximum Gasteiger partial charge on any atom is 0.223 e. The molecule has 27 heavy (non-hydrogen) atoms. The number of aromatic amines is 1. The number of halogens is 1. The average Bonchev–Trinajstić information content (AvgIpc) is 3.25. The van der Waals surface area contributed by atoms with E-state index in [-0.39, 0.29) is 22.4 Å². The van der Waals surface area contributed by atoms with Crippen molar-refractivity contribution in [3.63, 3.8) is 0 Å². The molecular formula is C19H22FN3O2S2. The number of hydrogen-bond donors (Lipinski definition) is 1. The lowest BCUT2D eigenvalue weighted by Gasteiger charge is -2.32. The fourth-order valence-electron chi connectivity index (χ4n) is 2.75. The van der Waals surface area contributed by atoms with E-state index in [1.54, 1.807) is 23.6 Å². The van der Waals surface area contributed by atoms with Crippen molar-refractivity contribution in [1.82, 2.24) is 14.3 Å².